The summed E-state index contributed by atoms with van der Waals surface area (Å²) in [5.74, 6) is 5.66. The molecule has 2 aromatic rings. The van der Waals surface area contributed by atoms with Crippen LogP contribution < -0.4 is 11.3 Å². The lowest BCUT2D eigenvalue weighted by Gasteiger charge is -2.18. The summed E-state index contributed by atoms with van der Waals surface area (Å²) >= 11 is 0. The number of hydrazine groups is 1. The fourth-order valence-electron chi connectivity index (χ4n) is 1.92. The van der Waals surface area contributed by atoms with Gasteiger partial charge in [0.25, 0.3) is 0 Å². The molecule has 16 heavy (non-hydrogen) atoms. The Morgan fingerprint density at radius 3 is 2.19 bits per heavy atom. The van der Waals surface area contributed by atoms with Crippen molar-refractivity contribution >= 4 is 0 Å². The van der Waals surface area contributed by atoms with Crippen LogP contribution in [0.25, 0.3) is 0 Å². The van der Waals surface area contributed by atoms with Crippen LogP contribution in [0, 0.1) is 6.92 Å². The van der Waals surface area contributed by atoms with Gasteiger partial charge in [-0.05, 0) is 23.6 Å². The lowest BCUT2D eigenvalue weighted by Crippen LogP contribution is -2.29. The average molecular weight is 212 g/mol. The third-order valence-corrected chi connectivity index (χ3v) is 2.80. The maximum absolute atomic E-state index is 5.66. The molecule has 0 spiro atoms. The molecule has 0 aliphatic carbocycles. The Bertz CT molecular complexity index is 451. The molecule has 1 atom stereocenters. The maximum atomic E-state index is 5.66. The van der Waals surface area contributed by atoms with Gasteiger partial charge in [0, 0.05) is 0 Å². The average Bonchev–Trinajstić information content (AvgIpc) is 2.34. The van der Waals surface area contributed by atoms with Gasteiger partial charge in [-0.3, -0.25) is 5.84 Å². The van der Waals surface area contributed by atoms with Crippen LogP contribution in [0.3, 0.4) is 0 Å². The number of nitrogens with two attached hydrogens (primary N) is 1. The summed E-state index contributed by atoms with van der Waals surface area (Å²) in [7, 11) is 0. The summed E-state index contributed by atoms with van der Waals surface area (Å²) < 4.78 is 0. The largest absolute Gasteiger partial charge is 0.271 e. The molecule has 0 aliphatic rings. The highest BCUT2D eigenvalue weighted by atomic mass is 15.2. The molecule has 0 radical (unpaired) electrons. The molecule has 2 heteroatoms. The van der Waals surface area contributed by atoms with E-state index in [2.05, 4.69) is 36.6 Å². The van der Waals surface area contributed by atoms with Crippen molar-refractivity contribution in [3.63, 3.8) is 0 Å². The molecule has 82 valence electrons. The van der Waals surface area contributed by atoms with Crippen LogP contribution in [0.15, 0.2) is 54.6 Å². The highest BCUT2D eigenvalue weighted by Gasteiger charge is 2.13. The molecule has 0 saturated heterocycles. The van der Waals surface area contributed by atoms with Gasteiger partial charge in [0.15, 0.2) is 0 Å². The second-order valence-corrected chi connectivity index (χ2v) is 3.87. The molecule has 0 saturated carbocycles. The molecule has 0 unspecified atom stereocenters. The summed E-state index contributed by atoms with van der Waals surface area (Å²) in [6, 6.07) is 18.6. The zero-order valence-corrected chi connectivity index (χ0v) is 9.35. The van der Waals surface area contributed by atoms with Crippen molar-refractivity contribution in [2.45, 2.75) is 13.0 Å². The minimum atomic E-state index is 0.0578. The minimum Gasteiger partial charge on any atom is -0.271 e. The molecule has 0 amide bonds. The normalized spacial score (nSPS) is 12.4. The van der Waals surface area contributed by atoms with Crippen LogP contribution in [0.1, 0.15) is 22.7 Å². The van der Waals surface area contributed by atoms with E-state index < -0.39 is 0 Å². The molecular formula is C14H16N2. The first kappa shape index (κ1) is 10.9. The van der Waals surface area contributed by atoms with Gasteiger partial charge >= 0.3 is 0 Å². The minimum absolute atomic E-state index is 0.0578. The number of rotatable bonds is 3. The van der Waals surface area contributed by atoms with E-state index >= 15 is 0 Å². The summed E-state index contributed by atoms with van der Waals surface area (Å²) in [5, 5.41) is 0. The number of benzene rings is 2. The van der Waals surface area contributed by atoms with Gasteiger partial charge in [0.1, 0.15) is 0 Å². The molecule has 0 fully saturated rings. The summed E-state index contributed by atoms with van der Waals surface area (Å²) in [5.41, 5.74) is 6.52. The Hall–Kier alpha value is -1.64. The molecule has 2 rings (SSSR count). The summed E-state index contributed by atoms with van der Waals surface area (Å²) in [6.07, 6.45) is 0. The standard InChI is InChI=1S/C14H16N2/c1-11-7-5-6-10-13(11)14(16-15)12-8-3-2-4-9-12/h2-10,14,16H,15H2,1H3/t14-/m1/s1. The van der Waals surface area contributed by atoms with E-state index in [4.69, 9.17) is 5.84 Å². The van der Waals surface area contributed by atoms with Crippen molar-refractivity contribution < 1.29 is 0 Å². The summed E-state index contributed by atoms with van der Waals surface area (Å²) in [4.78, 5) is 0. The third-order valence-electron chi connectivity index (χ3n) is 2.80. The van der Waals surface area contributed by atoms with E-state index in [1.54, 1.807) is 0 Å². The second kappa shape index (κ2) is 4.92. The monoisotopic (exact) mass is 212 g/mol. The van der Waals surface area contributed by atoms with Crippen molar-refractivity contribution in [2.75, 3.05) is 0 Å². The van der Waals surface area contributed by atoms with Crippen molar-refractivity contribution in [2.24, 2.45) is 5.84 Å². The van der Waals surface area contributed by atoms with E-state index in [1.165, 1.54) is 16.7 Å². The van der Waals surface area contributed by atoms with Gasteiger partial charge in [-0.15, -0.1) is 0 Å². The van der Waals surface area contributed by atoms with Crippen molar-refractivity contribution in [1.82, 2.24) is 5.43 Å². The zero-order chi connectivity index (χ0) is 11.4. The number of nitrogens with one attached hydrogen (secondary N) is 1. The van der Waals surface area contributed by atoms with E-state index in [-0.39, 0.29) is 6.04 Å². The van der Waals surface area contributed by atoms with E-state index in [1.807, 2.05) is 30.3 Å². The molecule has 3 N–H and O–H groups in total. The maximum Gasteiger partial charge on any atom is 0.0712 e. The van der Waals surface area contributed by atoms with Crippen molar-refractivity contribution in [3.8, 4) is 0 Å². The first-order valence-electron chi connectivity index (χ1n) is 5.39. The van der Waals surface area contributed by atoms with Crippen LogP contribution in [0.4, 0.5) is 0 Å². The number of aryl methyl sites for hydroxylation is 1. The van der Waals surface area contributed by atoms with E-state index in [9.17, 15) is 0 Å². The predicted molar refractivity (Wildman–Crippen MR) is 66.8 cm³/mol. The Morgan fingerprint density at radius 2 is 1.56 bits per heavy atom. The van der Waals surface area contributed by atoms with Gasteiger partial charge in [-0.25, -0.2) is 5.43 Å². The third kappa shape index (κ3) is 2.13. The topological polar surface area (TPSA) is 38.0 Å². The van der Waals surface area contributed by atoms with Crippen LogP contribution >= 0.6 is 0 Å². The van der Waals surface area contributed by atoms with Gasteiger partial charge in [0.05, 0.1) is 6.04 Å². The van der Waals surface area contributed by atoms with E-state index in [0.717, 1.165) is 0 Å². The molecule has 2 aromatic carbocycles. The van der Waals surface area contributed by atoms with Crippen LogP contribution in [-0.2, 0) is 0 Å². The Balaban J connectivity index is 2.41. The Morgan fingerprint density at radius 1 is 0.938 bits per heavy atom. The molecule has 0 aliphatic heterocycles. The highest BCUT2D eigenvalue weighted by molar-refractivity contribution is 5.36. The fourth-order valence-corrected chi connectivity index (χ4v) is 1.92. The molecule has 2 nitrogen and oxygen atoms in total. The number of hydrogen-bond acceptors (Lipinski definition) is 2. The summed E-state index contributed by atoms with van der Waals surface area (Å²) in [6.45, 7) is 2.10. The highest BCUT2D eigenvalue weighted by Crippen LogP contribution is 2.23. The van der Waals surface area contributed by atoms with Crippen LogP contribution in [0.2, 0.25) is 0 Å². The number of hydrogen-bond donors (Lipinski definition) is 2. The predicted octanol–water partition coefficient (Wildman–Crippen LogP) is 2.55. The lowest BCUT2D eigenvalue weighted by atomic mass is 9.96. The first-order valence-corrected chi connectivity index (χ1v) is 5.39. The molecular weight excluding hydrogens is 196 g/mol. The Labute approximate surface area is 96.1 Å². The molecule has 0 heterocycles. The van der Waals surface area contributed by atoms with Gasteiger partial charge in [-0.1, -0.05) is 54.6 Å². The molecule has 0 bridgehead atoms. The quantitative estimate of drug-likeness (QED) is 0.606. The van der Waals surface area contributed by atoms with Crippen LogP contribution in [0.5, 0.6) is 0 Å². The molecule has 0 aromatic heterocycles. The van der Waals surface area contributed by atoms with Gasteiger partial charge in [-0.2, -0.15) is 0 Å². The van der Waals surface area contributed by atoms with Crippen molar-refractivity contribution in [1.29, 1.82) is 0 Å². The second-order valence-electron chi connectivity index (χ2n) is 3.87. The fraction of sp³-hybridized carbons (Fsp3) is 0.143. The SMILES string of the molecule is Cc1ccccc1[C@H](NN)c1ccccc1. The smallest absolute Gasteiger partial charge is 0.0712 e. The Kier molecular flexibility index (Phi) is 3.34. The van der Waals surface area contributed by atoms with Crippen LogP contribution in [-0.4, -0.2) is 0 Å². The van der Waals surface area contributed by atoms with E-state index in [0.29, 0.717) is 0 Å². The van der Waals surface area contributed by atoms with Gasteiger partial charge < -0.3 is 0 Å². The van der Waals surface area contributed by atoms with Crippen molar-refractivity contribution in [3.05, 3.63) is 71.3 Å². The first-order chi connectivity index (χ1) is 7.83. The van der Waals surface area contributed by atoms with Gasteiger partial charge in [0.2, 0.25) is 0 Å². The zero-order valence-electron chi connectivity index (χ0n) is 9.35. The lowest BCUT2D eigenvalue weighted by molar-refractivity contribution is 0.634.